The van der Waals surface area contributed by atoms with Crippen molar-refractivity contribution >= 4 is 12.6 Å². The Morgan fingerprint density at radius 1 is 0.957 bits per heavy atom. The van der Waals surface area contributed by atoms with Crippen molar-refractivity contribution in [1.29, 1.82) is 10.5 Å². The number of thiol groups is 1. The molecular weight excluding hydrogens is 304 g/mol. The molecule has 23 heavy (non-hydrogen) atoms. The SMILES string of the molecule is CCC(CCCCCS)CCC(C)(C#N)/N=N/C(C)(C#N)CC. The van der Waals surface area contributed by atoms with Crippen LogP contribution >= 0.6 is 12.6 Å². The van der Waals surface area contributed by atoms with E-state index in [-0.39, 0.29) is 0 Å². The van der Waals surface area contributed by atoms with E-state index in [9.17, 15) is 5.26 Å². The number of nitriles is 2. The van der Waals surface area contributed by atoms with Crippen molar-refractivity contribution in [1.82, 2.24) is 0 Å². The van der Waals surface area contributed by atoms with E-state index < -0.39 is 11.1 Å². The Bertz CT molecular complexity index is 437. The van der Waals surface area contributed by atoms with Crippen LogP contribution in [0, 0.1) is 28.6 Å². The molecule has 0 aromatic carbocycles. The van der Waals surface area contributed by atoms with Gasteiger partial charge in [-0.2, -0.15) is 33.4 Å². The Morgan fingerprint density at radius 2 is 1.57 bits per heavy atom. The standard InChI is InChI=1S/C18H32N4S/c1-5-16(10-8-7-9-13-23)11-12-18(4,15-20)22-21-17(3,6-2)14-19/h16,23H,5-13H2,1-4H3/b22-21+. The van der Waals surface area contributed by atoms with Crippen LogP contribution in [0.3, 0.4) is 0 Å². The zero-order valence-electron chi connectivity index (χ0n) is 15.2. The topological polar surface area (TPSA) is 72.3 Å². The van der Waals surface area contributed by atoms with Gasteiger partial charge in [-0.3, -0.25) is 0 Å². The van der Waals surface area contributed by atoms with Gasteiger partial charge in [-0.05, 0) is 51.2 Å². The number of hydrogen-bond acceptors (Lipinski definition) is 5. The molecule has 0 spiro atoms. The minimum absolute atomic E-state index is 0.594. The van der Waals surface area contributed by atoms with Gasteiger partial charge in [0, 0.05) is 0 Å². The number of azo groups is 1. The van der Waals surface area contributed by atoms with Crippen LogP contribution in [0.4, 0.5) is 0 Å². The molecule has 3 atom stereocenters. The van der Waals surface area contributed by atoms with Crippen molar-refractivity contribution in [3.8, 4) is 12.1 Å². The molecule has 3 unspecified atom stereocenters. The molecule has 0 fully saturated rings. The molecule has 0 radical (unpaired) electrons. The largest absolute Gasteiger partial charge is 0.196 e. The van der Waals surface area contributed by atoms with E-state index in [1.165, 1.54) is 25.7 Å². The van der Waals surface area contributed by atoms with Crippen molar-refractivity contribution in [3.05, 3.63) is 0 Å². The van der Waals surface area contributed by atoms with Crippen molar-refractivity contribution in [2.45, 2.75) is 90.1 Å². The third kappa shape index (κ3) is 8.96. The molecule has 0 rings (SSSR count). The lowest BCUT2D eigenvalue weighted by Crippen LogP contribution is -2.23. The van der Waals surface area contributed by atoms with Gasteiger partial charge < -0.3 is 0 Å². The summed E-state index contributed by atoms with van der Waals surface area (Å²) in [6.07, 6.45) is 8.24. The molecule has 0 aromatic heterocycles. The first-order valence-corrected chi connectivity index (χ1v) is 9.39. The fourth-order valence-corrected chi connectivity index (χ4v) is 2.50. The Hall–Kier alpha value is -1.07. The number of hydrogen-bond donors (Lipinski definition) is 1. The van der Waals surface area contributed by atoms with E-state index in [4.69, 9.17) is 5.26 Å². The first-order chi connectivity index (χ1) is 10.9. The van der Waals surface area contributed by atoms with E-state index in [0.717, 1.165) is 18.6 Å². The van der Waals surface area contributed by atoms with Crippen LogP contribution in [0.2, 0.25) is 0 Å². The van der Waals surface area contributed by atoms with Gasteiger partial charge in [-0.1, -0.05) is 39.5 Å². The molecule has 0 amide bonds. The molecule has 4 nitrogen and oxygen atoms in total. The molecule has 0 aliphatic heterocycles. The van der Waals surface area contributed by atoms with E-state index in [1.54, 1.807) is 6.92 Å². The van der Waals surface area contributed by atoms with Gasteiger partial charge in [0.15, 0.2) is 11.1 Å². The fourth-order valence-electron chi connectivity index (χ4n) is 2.28. The molecular formula is C18H32N4S. The van der Waals surface area contributed by atoms with Gasteiger partial charge in [-0.15, -0.1) is 0 Å². The lowest BCUT2D eigenvalue weighted by Gasteiger charge is -2.21. The molecule has 0 aliphatic rings. The monoisotopic (exact) mass is 336 g/mol. The average molecular weight is 337 g/mol. The van der Waals surface area contributed by atoms with Gasteiger partial charge in [0.2, 0.25) is 0 Å². The molecule has 0 bridgehead atoms. The summed E-state index contributed by atoms with van der Waals surface area (Å²) < 4.78 is 0. The molecule has 0 heterocycles. The molecule has 0 aliphatic carbocycles. The van der Waals surface area contributed by atoms with Crippen molar-refractivity contribution in [2.75, 3.05) is 5.75 Å². The second kappa shape index (κ2) is 11.5. The normalized spacial score (nSPS) is 17.9. The highest BCUT2D eigenvalue weighted by molar-refractivity contribution is 7.80. The summed E-state index contributed by atoms with van der Waals surface area (Å²) in [4.78, 5) is 0. The molecule has 0 saturated heterocycles. The molecule has 0 aromatic rings. The predicted octanol–water partition coefficient (Wildman–Crippen LogP) is 5.71. The highest BCUT2D eigenvalue weighted by Crippen LogP contribution is 2.27. The van der Waals surface area contributed by atoms with E-state index in [1.807, 2.05) is 13.8 Å². The molecule has 5 heteroatoms. The maximum absolute atomic E-state index is 9.46. The van der Waals surface area contributed by atoms with Crippen LogP contribution in [-0.2, 0) is 0 Å². The van der Waals surface area contributed by atoms with Crippen molar-refractivity contribution in [2.24, 2.45) is 16.1 Å². The van der Waals surface area contributed by atoms with Crippen LogP contribution in [0.5, 0.6) is 0 Å². The first kappa shape index (κ1) is 21.9. The minimum atomic E-state index is -0.828. The quantitative estimate of drug-likeness (QED) is 0.281. The van der Waals surface area contributed by atoms with Crippen LogP contribution in [0.25, 0.3) is 0 Å². The Kier molecular flexibility index (Phi) is 10.9. The summed E-state index contributed by atoms with van der Waals surface area (Å²) in [5, 5.41) is 27.0. The van der Waals surface area contributed by atoms with Gasteiger partial charge in [0.25, 0.3) is 0 Å². The van der Waals surface area contributed by atoms with E-state index >= 15 is 0 Å². The number of rotatable bonds is 12. The van der Waals surface area contributed by atoms with Crippen LogP contribution in [0.15, 0.2) is 10.2 Å². The lowest BCUT2D eigenvalue weighted by molar-refractivity contribution is 0.361. The highest BCUT2D eigenvalue weighted by atomic mass is 32.1. The Labute approximate surface area is 147 Å². The highest BCUT2D eigenvalue weighted by Gasteiger charge is 2.27. The van der Waals surface area contributed by atoms with Crippen molar-refractivity contribution < 1.29 is 0 Å². The zero-order chi connectivity index (χ0) is 17.8. The maximum Gasteiger partial charge on any atom is 0.164 e. The number of unbranched alkanes of at least 4 members (excludes halogenated alkanes) is 2. The van der Waals surface area contributed by atoms with E-state index in [0.29, 0.717) is 18.8 Å². The third-order valence-electron chi connectivity index (χ3n) is 4.55. The molecule has 130 valence electrons. The summed E-state index contributed by atoms with van der Waals surface area (Å²) >= 11 is 4.24. The second-order valence-corrected chi connectivity index (χ2v) is 7.16. The fraction of sp³-hybridized carbons (Fsp3) is 0.889. The Morgan fingerprint density at radius 3 is 2.04 bits per heavy atom. The predicted molar refractivity (Wildman–Crippen MR) is 98.5 cm³/mol. The van der Waals surface area contributed by atoms with Crippen LogP contribution in [-0.4, -0.2) is 16.8 Å². The summed E-state index contributed by atoms with van der Waals surface area (Å²) in [7, 11) is 0. The lowest BCUT2D eigenvalue weighted by atomic mass is 9.88. The smallest absolute Gasteiger partial charge is 0.164 e. The summed E-state index contributed by atoms with van der Waals surface area (Å²) in [5.41, 5.74) is -1.65. The van der Waals surface area contributed by atoms with Gasteiger partial charge >= 0.3 is 0 Å². The third-order valence-corrected chi connectivity index (χ3v) is 4.87. The summed E-state index contributed by atoms with van der Waals surface area (Å²) in [5.74, 6) is 1.59. The maximum atomic E-state index is 9.46. The Balaban J connectivity index is 4.58. The average Bonchev–Trinajstić information content (AvgIpc) is 2.59. The van der Waals surface area contributed by atoms with Gasteiger partial charge in [0.1, 0.15) is 0 Å². The van der Waals surface area contributed by atoms with Crippen molar-refractivity contribution in [3.63, 3.8) is 0 Å². The molecule has 0 N–H and O–H groups in total. The van der Waals surface area contributed by atoms with Crippen LogP contribution in [0.1, 0.15) is 79.1 Å². The molecule has 0 saturated carbocycles. The number of nitrogens with zero attached hydrogens (tertiary/aromatic N) is 4. The summed E-state index contributed by atoms with van der Waals surface area (Å²) in [6, 6.07) is 4.44. The van der Waals surface area contributed by atoms with E-state index in [2.05, 4.69) is 41.9 Å². The van der Waals surface area contributed by atoms with Crippen LogP contribution < -0.4 is 0 Å². The summed E-state index contributed by atoms with van der Waals surface area (Å²) in [6.45, 7) is 7.68. The van der Waals surface area contributed by atoms with Gasteiger partial charge in [0.05, 0.1) is 12.1 Å². The van der Waals surface area contributed by atoms with Gasteiger partial charge in [-0.25, -0.2) is 0 Å². The zero-order valence-corrected chi connectivity index (χ0v) is 16.1. The first-order valence-electron chi connectivity index (χ1n) is 8.76. The minimum Gasteiger partial charge on any atom is -0.196 e. The second-order valence-electron chi connectivity index (χ2n) is 6.71.